The fraction of sp³-hybridized carbons (Fsp3) is 0.136. The molecule has 1 amide bonds. The van der Waals surface area contributed by atoms with Gasteiger partial charge in [0.25, 0.3) is 15.9 Å². The van der Waals surface area contributed by atoms with Crippen LogP contribution in [0.3, 0.4) is 0 Å². The lowest BCUT2D eigenvalue weighted by Gasteiger charge is -2.15. The third kappa shape index (κ3) is 5.18. The van der Waals surface area contributed by atoms with Crippen LogP contribution in [0.4, 0.5) is 15.8 Å². The van der Waals surface area contributed by atoms with E-state index in [4.69, 9.17) is 23.2 Å². The Kier molecular flexibility index (Phi) is 6.59. The summed E-state index contributed by atoms with van der Waals surface area (Å²) in [6, 6.07) is 11.2. The van der Waals surface area contributed by atoms with E-state index in [-0.39, 0.29) is 21.2 Å². The zero-order valence-corrected chi connectivity index (χ0v) is 19.2. The van der Waals surface area contributed by atoms with Crippen LogP contribution >= 0.6 is 23.2 Å². The lowest BCUT2D eigenvalue weighted by molar-refractivity contribution is 0.102. The van der Waals surface area contributed by atoms with Crippen LogP contribution in [-0.2, 0) is 10.0 Å². The molecule has 5 nitrogen and oxygen atoms in total. The minimum atomic E-state index is -4.04. The zero-order chi connectivity index (χ0) is 22.9. The second kappa shape index (κ2) is 8.86. The Morgan fingerprint density at radius 2 is 1.58 bits per heavy atom. The molecule has 0 bridgehead atoms. The summed E-state index contributed by atoms with van der Waals surface area (Å²) in [6.45, 7) is 5.50. The topological polar surface area (TPSA) is 75.3 Å². The lowest BCUT2D eigenvalue weighted by Crippen LogP contribution is -2.16. The minimum absolute atomic E-state index is 0.106. The van der Waals surface area contributed by atoms with Gasteiger partial charge in [-0.1, -0.05) is 40.9 Å². The number of sulfonamides is 1. The molecule has 0 aromatic heterocycles. The predicted molar refractivity (Wildman–Crippen MR) is 122 cm³/mol. The summed E-state index contributed by atoms with van der Waals surface area (Å²) in [5, 5.41) is 2.85. The van der Waals surface area contributed by atoms with Crippen molar-refractivity contribution in [1.82, 2.24) is 0 Å². The molecule has 0 aliphatic heterocycles. The van der Waals surface area contributed by atoms with E-state index >= 15 is 0 Å². The highest BCUT2D eigenvalue weighted by Gasteiger charge is 2.20. The van der Waals surface area contributed by atoms with Crippen molar-refractivity contribution in [3.8, 4) is 0 Å². The molecule has 0 fully saturated rings. The average Bonchev–Trinajstić information content (AvgIpc) is 2.66. The van der Waals surface area contributed by atoms with E-state index in [9.17, 15) is 17.6 Å². The largest absolute Gasteiger partial charge is 0.319 e. The molecule has 0 unspecified atom stereocenters. The maximum atomic E-state index is 14.6. The van der Waals surface area contributed by atoms with Crippen molar-refractivity contribution >= 4 is 50.5 Å². The summed E-state index contributed by atoms with van der Waals surface area (Å²) in [5.41, 5.74) is 2.88. The smallest absolute Gasteiger partial charge is 0.262 e. The molecule has 3 aromatic rings. The van der Waals surface area contributed by atoms with Crippen molar-refractivity contribution in [3.63, 3.8) is 0 Å². The standard InChI is InChI=1S/C22H19Cl2FN2O3S/c1-12-8-13(2)21(14(3)9-12)27-31(29,30)16-5-7-20(19(25)11-16)26-22(28)17-6-4-15(23)10-18(17)24/h4-11,27H,1-3H3,(H,26,28). The van der Waals surface area contributed by atoms with Crippen LogP contribution in [0, 0.1) is 26.6 Å². The lowest BCUT2D eigenvalue weighted by atomic mass is 10.1. The summed E-state index contributed by atoms with van der Waals surface area (Å²) < 4.78 is 42.7. The number of nitrogens with one attached hydrogen (secondary N) is 2. The maximum absolute atomic E-state index is 14.6. The molecule has 0 atom stereocenters. The molecule has 0 aliphatic carbocycles. The second-order valence-electron chi connectivity index (χ2n) is 7.10. The first kappa shape index (κ1) is 23.1. The predicted octanol–water partition coefficient (Wildman–Crippen LogP) is 6.11. The van der Waals surface area contributed by atoms with Crippen molar-refractivity contribution in [3.05, 3.63) is 86.6 Å². The molecule has 3 aromatic carbocycles. The van der Waals surface area contributed by atoms with Gasteiger partial charge in [-0.25, -0.2) is 12.8 Å². The first-order chi connectivity index (χ1) is 14.5. The Labute approximate surface area is 190 Å². The van der Waals surface area contributed by atoms with Gasteiger partial charge in [-0.3, -0.25) is 9.52 Å². The number of hydrogen-bond acceptors (Lipinski definition) is 3. The Morgan fingerprint density at radius 1 is 0.935 bits per heavy atom. The van der Waals surface area contributed by atoms with Crippen molar-refractivity contribution in [2.45, 2.75) is 25.7 Å². The molecular weight excluding hydrogens is 462 g/mol. The SMILES string of the molecule is Cc1cc(C)c(NS(=O)(=O)c2ccc(NC(=O)c3ccc(Cl)cc3Cl)c(F)c2)c(C)c1. The van der Waals surface area contributed by atoms with E-state index in [2.05, 4.69) is 10.0 Å². The Balaban J connectivity index is 1.85. The van der Waals surface area contributed by atoms with Gasteiger partial charge < -0.3 is 5.32 Å². The van der Waals surface area contributed by atoms with Gasteiger partial charge in [-0.2, -0.15) is 0 Å². The number of anilines is 2. The fourth-order valence-corrected chi connectivity index (χ4v) is 4.87. The molecule has 0 heterocycles. The second-order valence-corrected chi connectivity index (χ2v) is 9.63. The highest BCUT2D eigenvalue weighted by atomic mass is 35.5. The molecule has 2 N–H and O–H groups in total. The maximum Gasteiger partial charge on any atom is 0.262 e. The van der Waals surface area contributed by atoms with Crippen molar-refractivity contribution in [2.75, 3.05) is 10.0 Å². The average molecular weight is 481 g/mol. The van der Waals surface area contributed by atoms with Gasteiger partial charge in [-0.15, -0.1) is 0 Å². The van der Waals surface area contributed by atoms with E-state index in [0.29, 0.717) is 10.7 Å². The molecule has 0 radical (unpaired) electrons. The van der Waals surface area contributed by atoms with E-state index in [1.807, 2.05) is 19.1 Å². The van der Waals surface area contributed by atoms with Crippen molar-refractivity contribution in [2.24, 2.45) is 0 Å². The molecule has 31 heavy (non-hydrogen) atoms. The van der Waals surface area contributed by atoms with Crippen LogP contribution < -0.4 is 10.0 Å². The van der Waals surface area contributed by atoms with E-state index in [0.717, 1.165) is 22.8 Å². The molecule has 0 spiro atoms. The Bertz CT molecular complexity index is 1270. The van der Waals surface area contributed by atoms with E-state index < -0.39 is 21.7 Å². The highest BCUT2D eigenvalue weighted by molar-refractivity contribution is 7.92. The van der Waals surface area contributed by atoms with Crippen LogP contribution in [0.2, 0.25) is 10.0 Å². The van der Waals surface area contributed by atoms with Crippen molar-refractivity contribution in [1.29, 1.82) is 0 Å². The number of benzene rings is 3. The number of carbonyl (C=O) groups excluding carboxylic acids is 1. The summed E-state index contributed by atoms with van der Waals surface area (Å²) in [5.74, 6) is -1.56. The minimum Gasteiger partial charge on any atom is -0.319 e. The van der Waals surface area contributed by atoms with E-state index in [1.165, 1.54) is 30.3 Å². The van der Waals surface area contributed by atoms with Crippen molar-refractivity contribution < 1.29 is 17.6 Å². The third-order valence-electron chi connectivity index (χ3n) is 4.59. The highest BCUT2D eigenvalue weighted by Crippen LogP contribution is 2.27. The van der Waals surface area contributed by atoms with E-state index in [1.54, 1.807) is 13.8 Å². The summed E-state index contributed by atoms with van der Waals surface area (Å²) in [6.07, 6.45) is 0. The van der Waals surface area contributed by atoms with Crippen LogP contribution in [0.1, 0.15) is 27.0 Å². The fourth-order valence-electron chi connectivity index (χ4n) is 3.16. The Hall–Kier alpha value is -2.61. The molecule has 0 saturated carbocycles. The summed E-state index contributed by atoms with van der Waals surface area (Å²) in [7, 11) is -4.04. The van der Waals surface area contributed by atoms with Gasteiger partial charge in [-0.05, 0) is 68.3 Å². The Morgan fingerprint density at radius 3 is 2.16 bits per heavy atom. The van der Waals surface area contributed by atoms with Crippen LogP contribution in [-0.4, -0.2) is 14.3 Å². The quantitative estimate of drug-likeness (QED) is 0.462. The normalized spacial score (nSPS) is 11.3. The molecule has 162 valence electrons. The van der Waals surface area contributed by atoms with Gasteiger partial charge in [0.2, 0.25) is 0 Å². The number of rotatable bonds is 5. The number of hydrogen-bond donors (Lipinski definition) is 2. The first-order valence-corrected chi connectivity index (χ1v) is 11.4. The van der Waals surface area contributed by atoms with Crippen LogP contribution in [0.15, 0.2) is 53.4 Å². The molecule has 0 saturated heterocycles. The van der Waals surface area contributed by atoms with Gasteiger partial charge >= 0.3 is 0 Å². The molecule has 0 aliphatic rings. The van der Waals surface area contributed by atoms with Gasteiger partial charge in [0.05, 0.1) is 26.9 Å². The van der Waals surface area contributed by atoms with Crippen LogP contribution in [0.25, 0.3) is 0 Å². The zero-order valence-electron chi connectivity index (χ0n) is 16.9. The van der Waals surface area contributed by atoms with Gasteiger partial charge in [0.1, 0.15) is 5.82 Å². The number of halogens is 3. The third-order valence-corrected chi connectivity index (χ3v) is 6.48. The monoisotopic (exact) mass is 480 g/mol. The van der Waals surface area contributed by atoms with Gasteiger partial charge in [0.15, 0.2) is 0 Å². The van der Waals surface area contributed by atoms with Crippen LogP contribution in [0.5, 0.6) is 0 Å². The number of aryl methyl sites for hydroxylation is 3. The molecule has 3 rings (SSSR count). The molecule has 9 heteroatoms. The first-order valence-electron chi connectivity index (χ1n) is 9.14. The van der Waals surface area contributed by atoms with Gasteiger partial charge in [0, 0.05) is 5.02 Å². The summed E-state index contributed by atoms with van der Waals surface area (Å²) >= 11 is 11.8. The summed E-state index contributed by atoms with van der Waals surface area (Å²) in [4.78, 5) is 12.1. The number of amides is 1. The number of carbonyl (C=O) groups is 1. The molecular formula is C22H19Cl2FN2O3S.